The van der Waals surface area contributed by atoms with Gasteiger partial charge in [0.2, 0.25) is 5.82 Å². The lowest BCUT2D eigenvalue weighted by Gasteiger charge is -2.44. The number of piperidine rings is 1. The summed E-state index contributed by atoms with van der Waals surface area (Å²) in [7, 11) is 0. The number of aliphatic hydroxyl groups excluding tert-OH is 1. The molecular weight excluding hydrogens is 472 g/mol. The van der Waals surface area contributed by atoms with E-state index in [1.165, 1.54) is 41.3 Å². The summed E-state index contributed by atoms with van der Waals surface area (Å²) >= 11 is 5.98. The topological polar surface area (TPSA) is 120 Å². The van der Waals surface area contributed by atoms with Crippen molar-refractivity contribution in [2.24, 2.45) is 0 Å². The fraction of sp³-hybridized carbons (Fsp3) is 0.273. The molecule has 0 bridgehead atoms. The number of carbonyl (C=O) groups excluding carboxylic acids is 2. The molecule has 1 unspecified atom stereocenters. The van der Waals surface area contributed by atoms with Gasteiger partial charge in [0.05, 0.1) is 22.8 Å². The van der Waals surface area contributed by atoms with Crippen LogP contribution >= 0.6 is 11.6 Å². The highest BCUT2D eigenvalue weighted by Gasteiger charge is 2.49. The second-order valence-electron chi connectivity index (χ2n) is 8.12. The van der Waals surface area contributed by atoms with Gasteiger partial charge >= 0.3 is 6.09 Å². The lowest BCUT2D eigenvalue weighted by atomic mass is 9.83. The van der Waals surface area contributed by atoms with Gasteiger partial charge in [-0.25, -0.2) is 18.6 Å². The molecule has 1 spiro atoms. The first-order valence-electron chi connectivity index (χ1n) is 10.4. The van der Waals surface area contributed by atoms with Crippen molar-refractivity contribution >= 4 is 29.3 Å². The van der Waals surface area contributed by atoms with E-state index in [0.29, 0.717) is 24.9 Å². The lowest BCUT2D eigenvalue weighted by Crippen LogP contribution is -2.53. The number of amides is 2. The van der Waals surface area contributed by atoms with E-state index in [2.05, 4.69) is 20.5 Å². The molecule has 34 heavy (non-hydrogen) atoms. The van der Waals surface area contributed by atoms with E-state index in [4.69, 9.17) is 16.3 Å². The maximum atomic E-state index is 15.0. The van der Waals surface area contributed by atoms with Crippen molar-refractivity contribution in [3.8, 4) is 0 Å². The average Bonchev–Trinajstić information content (AvgIpc) is 3.31. The Balaban J connectivity index is 1.41. The van der Waals surface area contributed by atoms with E-state index in [1.807, 2.05) is 0 Å². The zero-order chi connectivity index (χ0) is 24.0. The van der Waals surface area contributed by atoms with Gasteiger partial charge in [-0.15, -0.1) is 0 Å². The molecule has 9 nitrogen and oxygen atoms in total. The summed E-state index contributed by atoms with van der Waals surface area (Å²) in [6.07, 6.45) is -1.32. The number of aliphatic hydroxyl groups is 1. The highest BCUT2D eigenvalue weighted by Crippen LogP contribution is 2.45. The van der Waals surface area contributed by atoms with Crippen LogP contribution in [0.5, 0.6) is 0 Å². The first-order valence-corrected chi connectivity index (χ1v) is 10.8. The number of carbonyl (C=O) groups is 2. The summed E-state index contributed by atoms with van der Waals surface area (Å²) in [6.45, 7) is 0.180. The van der Waals surface area contributed by atoms with Crippen LogP contribution in [0.2, 0.25) is 5.02 Å². The molecule has 2 amide bonds. The number of likely N-dealkylation sites (tertiary alicyclic amines) is 1. The summed E-state index contributed by atoms with van der Waals surface area (Å²) in [5, 5.41) is 19.2. The van der Waals surface area contributed by atoms with E-state index < -0.39 is 35.3 Å². The van der Waals surface area contributed by atoms with Crippen molar-refractivity contribution in [3.63, 3.8) is 0 Å². The minimum atomic E-state index is -1.42. The smallest absolute Gasteiger partial charge is 0.412 e. The third-order valence-corrected chi connectivity index (χ3v) is 6.24. The van der Waals surface area contributed by atoms with E-state index >= 15 is 4.39 Å². The highest BCUT2D eigenvalue weighted by molar-refractivity contribution is 6.31. The molecule has 0 aliphatic carbocycles. The number of aromatic amines is 1. The van der Waals surface area contributed by atoms with E-state index in [0.717, 1.165) is 0 Å². The number of aromatic nitrogens is 3. The SMILES string of the molecule is O=C1Nc2ccc(Cl)c(F)c2[C@@]2(CCCN(C(=O)c3nc(C(O)c4ccc(F)cc4)n[nH]3)C2)O1. The molecule has 1 aromatic heterocycles. The number of halogens is 3. The fourth-order valence-electron chi connectivity index (χ4n) is 4.38. The Kier molecular flexibility index (Phi) is 5.45. The number of fused-ring (bicyclic) bond motifs is 2. The molecule has 3 N–H and O–H groups in total. The van der Waals surface area contributed by atoms with Crippen molar-refractivity contribution in [1.29, 1.82) is 0 Å². The molecule has 12 heteroatoms. The molecule has 2 aromatic carbocycles. The Morgan fingerprint density at radius 1 is 1.24 bits per heavy atom. The van der Waals surface area contributed by atoms with Gasteiger partial charge in [-0.2, -0.15) is 5.10 Å². The average molecular weight is 490 g/mol. The molecule has 3 aromatic rings. The number of nitrogens with one attached hydrogen (secondary N) is 2. The molecule has 5 rings (SSSR count). The molecule has 1 saturated heterocycles. The Hall–Kier alpha value is -3.57. The van der Waals surface area contributed by atoms with E-state index in [-0.39, 0.29) is 34.5 Å². The molecule has 0 saturated carbocycles. The molecule has 2 atom stereocenters. The number of nitrogens with zero attached hydrogens (tertiary/aromatic N) is 3. The number of hydrogen-bond acceptors (Lipinski definition) is 6. The minimum Gasteiger partial charge on any atom is -0.436 e. The molecule has 3 heterocycles. The van der Waals surface area contributed by atoms with E-state index in [1.54, 1.807) is 0 Å². The van der Waals surface area contributed by atoms with Crippen molar-refractivity contribution < 1.29 is 28.2 Å². The predicted molar refractivity (Wildman–Crippen MR) is 115 cm³/mol. The summed E-state index contributed by atoms with van der Waals surface area (Å²) < 4.78 is 33.7. The van der Waals surface area contributed by atoms with Crippen LogP contribution in [0.25, 0.3) is 0 Å². The number of rotatable bonds is 3. The van der Waals surface area contributed by atoms with Crippen LogP contribution in [-0.2, 0) is 10.3 Å². The second-order valence-corrected chi connectivity index (χ2v) is 8.53. The van der Waals surface area contributed by atoms with Gasteiger partial charge in [-0.1, -0.05) is 23.7 Å². The highest BCUT2D eigenvalue weighted by atomic mass is 35.5. The zero-order valence-electron chi connectivity index (χ0n) is 17.5. The van der Waals surface area contributed by atoms with Crippen LogP contribution in [0.4, 0.5) is 19.3 Å². The number of hydrogen-bond donors (Lipinski definition) is 3. The first-order chi connectivity index (χ1) is 16.3. The second kappa shape index (κ2) is 8.33. The normalized spacial score (nSPS) is 20.5. The third kappa shape index (κ3) is 3.76. The van der Waals surface area contributed by atoms with Gasteiger partial charge < -0.3 is 14.7 Å². The molecule has 2 aliphatic heterocycles. The van der Waals surface area contributed by atoms with Crippen LogP contribution < -0.4 is 5.32 Å². The molecule has 2 aliphatic rings. The van der Waals surface area contributed by atoms with Crippen molar-refractivity contribution in [3.05, 3.63) is 75.8 Å². The maximum absolute atomic E-state index is 15.0. The summed E-state index contributed by atoms with van der Waals surface area (Å²) in [5.41, 5.74) is -0.752. The van der Waals surface area contributed by atoms with Crippen molar-refractivity contribution in [1.82, 2.24) is 20.1 Å². The van der Waals surface area contributed by atoms with Crippen LogP contribution in [0, 0.1) is 11.6 Å². The molecule has 176 valence electrons. The third-order valence-electron chi connectivity index (χ3n) is 5.95. The van der Waals surface area contributed by atoms with Crippen molar-refractivity contribution in [2.75, 3.05) is 18.4 Å². The van der Waals surface area contributed by atoms with Gasteiger partial charge in [0.25, 0.3) is 5.91 Å². The van der Waals surface area contributed by atoms with Gasteiger partial charge in [-0.05, 0) is 42.7 Å². The maximum Gasteiger partial charge on any atom is 0.412 e. The largest absolute Gasteiger partial charge is 0.436 e. The Labute approximate surface area is 196 Å². The molecule has 1 fully saturated rings. The van der Waals surface area contributed by atoms with Crippen LogP contribution in [-0.4, -0.2) is 50.3 Å². The monoisotopic (exact) mass is 489 g/mol. The fourth-order valence-corrected chi connectivity index (χ4v) is 4.54. The van der Waals surface area contributed by atoms with Crippen LogP contribution in [0.15, 0.2) is 36.4 Å². The van der Waals surface area contributed by atoms with E-state index in [9.17, 15) is 19.1 Å². The number of benzene rings is 2. The number of anilines is 1. The minimum absolute atomic E-state index is 0.0712. The first kappa shape index (κ1) is 22.2. The van der Waals surface area contributed by atoms with Crippen molar-refractivity contribution in [2.45, 2.75) is 24.5 Å². The van der Waals surface area contributed by atoms with Gasteiger partial charge in [0, 0.05) is 6.54 Å². The Bertz CT molecular complexity index is 1280. The number of ether oxygens (including phenoxy) is 1. The predicted octanol–water partition coefficient (Wildman–Crippen LogP) is 3.51. The summed E-state index contributed by atoms with van der Waals surface area (Å²) in [4.78, 5) is 30.8. The standard InChI is InChI=1S/C22H18ClF2N5O4/c23-13-6-7-14-15(16(13)25)22(34-21(33)26-14)8-1-9-30(10-22)20(32)19-27-18(28-29-19)17(31)11-2-4-12(24)5-3-11/h2-7,17,31H,1,8-10H2,(H,26,33)(H,27,28,29)/t17?,22-/m0/s1. The molecule has 0 radical (unpaired) electrons. The molecular formula is C22H18ClF2N5O4. The lowest BCUT2D eigenvalue weighted by molar-refractivity contribution is -0.0420. The Morgan fingerprint density at radius 2 is 2.00 bits per heavy atom. The zero-order valence-corrected chi connectivity index (χ0v) is 18.3. The van der Waals surface area contributed by atoms with Gasteiger partial charge in [0.1, 0.15) is 11.9 Å². The number of H-pyrrole nitrogens is 1. The summed E-state index contributed by atoms with van der Waals surface area (Å²) in [6, 6.07) is 7.97. The van der Waals surface area contributed by atoms with Crippen LogP contribution in [0.3, 0.4) is 0 Å². The van der Waals surface area contributed by atoms with Crippen LogP contribution in [0.1, 0.15) is 46.5 Å². The summed E-state index contributed by atoms with van der Waals surface area (Å²) in [5.74, 6) is -1.97. The Morgan fingerprint density at radius 3 is 2.76 bits per heavy atom. The quantitative estimate of drug-likeness (QED) is 0.518. The van der Waals surface area contributed by atoms with Gasteiger partial charge in [-0.3, -0.25) is 15.2 Å². The van der Waals surface area contributed by atoms with Gasteiger partial charge in [0.15, 0.2) is 17.2 Å².